The number of imide groups is 1. The van der Waals surface area contributed by atoms with Crippen LogP contribution in [0.4, 0.5) is 10.5 Å². The third-order valence-corrected chi connectivity index (χ3v) is 6.96. The third kappa shape index (κ3) is 2.93. The first-order chi connectivity index (χ1) is 13.6. The summed E-state index contributed by atoms with van der Waals surface area (Å²) in [5.74, 6) is -0.184. The van der Waals surface area contributed by atoms with E-state index in [-0.39, 0.29) is 23.4 Å². The number of carbonyl (C=O) groups excluding carboxylic acids is 2. The summed E-state index contributed by atoms with van der Waals surface area (Å²) in [5.41, 5.74) is 8.28. The van der Waals surface area contributed by atoms with Crippen LogP contribution in [0, 0.1) is 0 Å². The fraction of sp³-hybridized carbons (Fsp3) is 0.619. The lowest BCUT2D eigenvalue weighted by molar-refractivity contribution is -0.119. The van der Waals surface area contributed by atoms with Crippen molar-refractivity contribution in [2.75, 3.05) is 44.3 Å². The zero-order chi connectivity index (χ0) is 19.3. The molecule has 3 saturated heterocycles. The van der Waals surface area contributed by atoms with E-state index in [0.29, 0.717) is 18.7 Å². The lowest BCUT2D eigenvalue weighted by atomic mass is 9.92. The molecule has 5 rings (SSSR count). The molecule has 1 aromatic carbocycles. The normalized spacial score (nSPS) is 29.5. The van der Waals surface area contributed by atoms with Crippen molar-refractivity contribution >= 4 is 17.6 Å². The first-order valence-corrected chi connectivity index (χ1v) is 10.4. The molecular formula is C21H28N4O3. The van der Waals surface area contributed by atoms with Crippen LogP contribution in [0.1, 0.15) is 31.2 Å². The van der Waals surface area contributed by atoms with Gasteiger partial charge in [0.05, 0.1) is 18.9 Å². The molecule has 7 heteroatoms. The average molecular weight is 384 g/mol. The van der Waals surface area contributed by atoms with E-state index in [1.165, 1.54) is 23.3 Å². The average Bonchev–Trinajstić information content (AvgIpc) is 3.35. The maximum absolute atomic E-state index is 12.7. The number of rotatable bonds is 5. The van der Waals surface area contributed by atoms with Gasteiger partial charge in [0.1, 0.15) is 6.04 Å². The number of hydrogen-bond donors (Lipinski definition) is 1. The highest BCUT2D eigenvalue weighted by molar-refractivity contribution is 6.21. The molecule has 3 aliphatic heterocycles. The largest absolute Gasteiger partial charge is 0.379 e. The molecular weight excluding hydrogens is 356 g/mol. The smallest absolute Gasteiger partial charge is 0.332 e. The van der Waals surface area contributed by atoms with Gasteiger partial charge in [0.2, 0.25) is 0 Å². The number of benzene rings is 1. The van der Waals surface area contributed by atoms with E-state index < -0.39 is 6.04 Å². The Bertz CT molecular complexity index is 770. The van der Waals surface area contributed by atoms with Gasteiger partial charge in [-0.2, -0.15) is 0 Å². The molecule has 4 aliphatic rings. The summed E-state index contributed by atoms with van der Waals surface area (Å²) < 4.78 is 5.43. The fourth-order valence-electron chi connectivity index (χ4n) is 4.93. The molecule has 2 N–H and O–H groups in total. The van der Waals surface area contributed by atoms with Crippen LogP contribution in [0.3, 0.4) is 0 Å². The van der Waals surface area contributed by atoms with Gasteiger partial charge in [-0.1, -0.05) is 12.1 Å². The first-order valence-electron chi connectivity index (χ1n) is 10.4. The summed E-state index contributed by atoms with van der Waals surface area (Å²) in [7, 11) is 0. The van der Waals surface area contributed by atoms with Crippen molar-refractivity contribution < 1.29 is 14.3 Å². The van der Waals surface area contributed by atoms with E-state index in [0.717, 1.165) is 39.3 Å². The number of fused-ring (bicyclic) bond motifs is 1. The van der Waals surface area contributed by atoms with Crippen molar-refractivity contribution in [3.05, 3.63) is 29.8 Å². The predicted molar refractivity (Wildman–Crippen MR) is 105 cm³/mol. The molecule has 4 fully saturated rings. The molecule has 2 atom stereocenters. The number of anilines is 1. The van der Waals surface area contributed by atoms with Crippen molar-refractivity contribution in [2.45, 2.75) is 43.2 Å². The van der Waals surface area contributed by atoms with Gasteiger partial charge in [0, 0.05) is 25.7 Å². The zero-order valence-corrected chi connectivity index (χ0v) is 16.2. The summed E-state index contributed by atoms with van der Waals surface area (Å²) >= 11 is 0. The van der Waals surface area contributed by atoms with Gasteiger partial charge in [-0.25, -0.2) is 9.69 Å². The minimum absolute atomic E-state index is 0.184. The van der Waals surface area contributed by atoms with Gasteiger partial charge < -0.3 is 15.4 Å². The first kappa shape index (κ1) is 18.1. The maximum Gasteiger partial charge on any atom is 0.332 e. The standard InChI is InChI=1S/C21H28N4O3/c22-17-5-9-24-18(17)19(26)25(20(24)27)16-3-1-15(2-4-16)21(6-7-21)8-10-23-11-13-28-14-12-23/h1-4,17-18H,5-14,22H2/t17-,18+/m1/s1. The Morgan fingerprint density at radius 2 is 1.79 bits per heavy atom. The van der Waals surface area contributed by atoms with Crippen LogP contribution in [0.25, 0.3) is 0 Å². The SMILES string of the molecule is N[C@@H]1CCN2C(=O)N(c3ccc(C4(CCN5CCOCC5)CC4)cc3)C(=O)[C@H]12. The fourth-order valence-corrected chi connectivity index (χ4v) is 4.93. The van der Waals surface area contributed by atoms with Crippen molar-refractivity contribution in [1.29, 1.82) is 0 Å². The Morgan fingerprint density at radius 1 is 1.07 bits per heavy atom. The Balaban J connectivity index is 1.28. The number of nitrogens with zero attached hydrogens (tertiary/aromatic N) is 3. The third-order valence-electron chi connectivity index (χ3n) is 6.96. The van der Waals surface area contributed by atoms with Crippen molar-refractivity contribution in [3.63, 3.8) is 0 Å². The van der Waals surface area contributed by atoms with E-state index in [1.807, 2.05) is 12.1 Å². The van der Waals surface area contributed by atoms with Gasteiger partial charge in [0.25, 0.3) is 5.91 Å². The molecule has 0 spiro atoms. The van der Waals surface area contributed by atoms with E-state index in [1.54, 1.807) is 4.90 Å². The second kappa shape index (κ2) is 6.83. The number of urea groups is 1. The molecule has 150 valence electrons. The van der Waals surface area contributed by atoms with Crippen LogP contribution in [0.15, 0.2) is 24.3 Å². The molecule has 0 aromatic heterocycles. The minimum atomic E-state index is -0.490. The number of ether oxygens (including phenoxy) is 1. The highest BCUT2D eigenvalue weighted by Crippen LogP contribution is 2.51. The number of carbonyl (C=O) groups is 2. The Morgan fingerprint density at radius 3 is 2.43 bits per heavy atom. The molecule has 0 unspecified atom stereocenters. The highest BCUT2D eigenvalue weighted by Gasteiger charge is 2.52. The van der Waals surface area contributed by atoms with E-state index in [9.17, 15) is 9.59 Å². The van der Waals surface area contributed by atoms with E-state index in [2.05, 4.69) is 17.0 Å². The van der Waals surface area contributed by atoms with Crippen LogP contribution in [-0.4, -0.2) is 73.2 Å². The molecule has 0 bridgehead atoms. The van der Waals surface area contributed by atoms with Gasteiger partial charge in [0.15, 0.2) is 0 Å². The zero-order valence-electron chi connectivity index (χ0n) is 16.2. The van der Waals surface area contributed by atoms with Crippen LogP contribution in [0.2, 0.25) is 0 Å². The number of hydrogen-bond acceptors (Lipinski definition) is 5. The Kier molecular flexibility index (Phi) is 4.41. The molecule has 7 nitrogen and oxygen atoms in total. The summed E-state index contributed by atoms with van der Waals surface area (Å²) in [5, 5.41) is 0. The quantitative estimate of drug-likeness (QED) is 0.775. The van der Waals surface area contributed by atoms with Crippen molar-refractivity contribution in [3.8, 4) is 0 Å². The van der Waals surface area contributed by atoms with Gasteiger partial charge in [-0.15, -0.1) is 0 Å². The van der Waals surface area contributed by atoms with Crippen LogP contribution < -0.4 is 10.6 Å². The number of amides is 3. The summed E-state index contributed by atoms with van der Waals surface area (Å²) in [4.78, 5) is 30.8. The molecule has 1 saturated carbocycles. The summed E-state index contributed by atoms with van der Waals surface area (Å²) in [6.07, 6.45) is 4.27. The molecule has 3 amide bonds. The lowest BCUT2D eigenvalue weighted by Gasteiger charge is -2.28. The van der Waals surface area contributed by atoms with Gasteiger partial charge in [-0.05, 0) is 55.3 Å². The van der Waals surface area contributed by atoms with Crippen LogP contribution >= 0.6 is 0 Å². The summed E-state index contributed by atoms with van der Waals surface area (Å²) in [6, 6.07) is 7.08. The topological polar surface area (TPSA) is 79.1 Å². The minimum Gasteiger partial charge on any atom is -0.379 e. The monoisotopic (exact) mass is 384 g/mol. The van der Waals surface area contributed by atoms with Crippen LogP contribution in [-0.2, 0) is 14.9 Å². The van der Waals surface area contributed by atoms with Crippen molar-refractivity contribution in [2.24, 2.45) is 5.73 Å². The number of morpholine rings is 1. The predicted octanol–water partition coefficient (Wildman–Crippen LogP) is 1.31. The highest BCUT2D eigenvalue weighted by atomic mass is 16.5. The van der Waals surface area contributed by atoms with E-state index in [4.69, 9.17) is 10.5 Å². The van der Waals surface area contributed by atoms with Gasteiger partial charge >= 0.3 is 6.03 Å². The molecule has 0 radical (unpaired) electrons. The Hall–Kier alpha value is -1.96. The van der Waals surface area contributed by atoms with Gasteiger partial charge in [-0.3, -0.25) is 9.69 Å². The lowest BCUT2D eigenvalue weighted by Crippen LogP contribution is -2.41. The van der Waals surface area contributed by atoms with Crippen LogP contribution in [0.5, 0.6) is 0 Å². The van der Waals surface area contributed by atoms with E-state index >= 15 is 0 Å². The molecule has 1 aliphatic carbocycles. The molecule has 1 aromatic rings. The molecule has 28 heavy (non-hydrogen) atoms. The number of nitrogens with two attached hydrogens (primary N) is 1. The molecule has 3 heterocycles. The summed E-state index contributed by atoms with van der Waals surface area (Å²) in [6.45, 7) is 5.38. The second-order valence-electron chi connectivity index (χ2n) is 8.58. The van der Waals surface area contributed by atoms with Crippen molar-refractivity contribution in [1.82, 2.24) is 9.80 Å². The maximum atomic E-state index is 12.7. The Labute approximate surface area is 165 Å². The second-order valence-corrected chi connectivity index (χ2v) is 8.58.